The van der Waals surface area contributed by atoms with Crippen LogP contribution in [-0.4, -0.2) is 9.13 Å². The van der Waals surface area contributed by atoms with Crippen LogP contribution in [0.5, 0.6) is 0 Å². The van der Waals surface area contributed by atoms with Gasteiger partial charge < -0.3 is 9.13 Å². The SMILES string of the molecule is c1ccc(-n2c3ccc(-c4ccc5c(c4)c4cccc6c4n5-c4ccccc4-c4ccccc4-6)cc3c3c4ccccc4ccc32)cc1. The van der Waals surface area contributed by atoms with Gasteiger partial charge in [0.05, 0.1) is 27.8 Å². The van der Waals surface area contributed by atoms with Crippen molar-refractivity contribution in [3.8, 4) is 44.8 Å². The van der Waals surface area contributed by atoms with Gasteiger partial charge in [0.2, 0.25) is 0 Å². The maximum Gasteiger partial charge on any atom is 0.0619 e. The summed E-state index contributed by atoms with van der Waals surface area (Å²) in [5, 5.41) is 7.67. The molecule has 11 rings (SSSR count). The summed E-state index contributed by atoms with van der Waals surface area (Å²) in [6, 6.07) is 62.5. The van der Waals surface area contributed by atoms with E-state index in [0.717, 1.165) is 0 Å². The smallest absolute Gasteiger partial charge is 0.0619 e. The third-order valence-electron chi connectivity index (χ3n) is 10.4. The largest absolute Gasteiger partial charge is 0.309 e. The van der Waals surface area contributed by atoms with Crippen LogP contribution in [0.4, 0.5) is 0 Å². The zero-order valence-electron chi connectivity index (χ0n) is 26.1. The van der Waals surface area contributed by atoms with Crippen LogP contribution in [0.3, 0.4) is 0 Å². The first-order chi connectivity index (χ1) is 23.8. The zero-order chi connectivity index (χ0) is 31.3. The van der Waals surface area contributed by atoms with Crippen LogP contribution in [0.1, 0.15) is 0 Å². The lowest BCUT2D eigenvalue weighted by Crippen LogP contribution is -1.95. The van der Waals surface area contributed by atoms with Crippen molar-refractivity contribution >= 4 is 54.4 Å². The van der Waals surface area contributed by atoms with Gasteiger partial charge in [-0.1, -0.05) is 121 Å². The average Bonchev–Trinajstić information content (AvgIpc) is 3.63. The van der Waals surface area contributed by atoms with Crippen molar-refractivity contribution in [2.45, 2.75) is 0 Å². The summed E-state index contributed by atoms with van der Waals surface area (Å²) in [4.78, 5) is 0. The number of hydrogen-bond acceptors (Lipinski definition) is 0. The number of nitrogens with zero attached hydrogens (tertiary/aromatic N) is 2. The van der Waals surface area contributed by atoms with Crippen LogP contribution >= 0.6 is 0 Å². The van der Waals surface area contributed by atoms with Crippen LogP contribution in [0.2, 0.25) is 0 Å². The summed E-state index contributed by atoms with van der Waals surface area (Å²) in [6.45, 7) is 0. The Hall–Kier alpha value is -6.38. The molecule has 0 fully saturated rings. The van der Waals surface area contributed by atoms with Gasteiger partial charge in [-0.15, -0.1) is 0 Å². The first-order valence-electron chi connectivity index (χ1n) is 16.6. The zero-order valence-corrected chi connectivity index (χ0v) is 26.1. The quantitative estimate of drug-likeness (QED) is 0.185. The number of fused-ring (bicyclic) bond motifs is 13. The molecule has 222 valence electrons. The minimum Gasteiger partial charge on any atom is -0.309 e. The third kappa shape index (κ3) is 3.41. The molecule has 2 heteroatoms. The standard InChI is InChI=1S/C46H28N2/c1-2-12-32(13-3-1)47-43-25-23-31(28-40(43)45-33-14-5-4-11-29(33)21-26-44(45)47)30-22-24-42-39(27-30)38-19-10-18-37-35-16-7-6-15-34(35)36-17-8-9-20-41(36)48(42)46(37)38/h1-28H. The second-order valence-electron chi connectivity index (χ2n) is 12.9. The minimum absolute atomic E-state index is 1.17. The van der Waals surface area contributed by atoms with Crippen LogP contribution in [-0.2, 0) is 0 Å². The Labute approximate surface area is 277 Å². The van der Waals surface area contributed by atoms with Gasteiger partial charge in [-0.2, -0.15) is 0 Å². The maximum atomic E-state index is 2.49. The lowest BCUT2D eigenvalue weighted by Gasteiger charge is -2.12. The molecule has 0 bridgehead atoms. The van der Waals surface area contributed by atoms with E-state index < -0.39 is 0 Å². The summed E-state index contributed by atoms with van der Waals surface area (Å²) >= 11 is 0. The first-order valence-corrected chi connectivity index (χ1v) is 16.6. The molecular formula is C46H28N2. The van der Waals surface area contributed by atoms with E-state index in [9.17, 15) is 0 Å². The Balaban J connectivity index is 1.20. The molecule has 0 unspecified atom stereocenters. The van der Waals surface area contributed by atoms with Gasteiger partial charge in [0, 0.05) is 38.4 Å². The Morgan fingerprint density at radius 1 is 0.333 bits per heavy atom. The predicted molar refractivity (Wildman–Crippen MR) is 202 cm³/mol. The molecule has 0 amide bonds. The van der Waals surface area contributed by atoms with Gasteiger partial charge in [0.25, 0.3) is 0 Å². The number of aromatic nitrogens is 2. The van der Waals surface area contributed by atoms with Crippen LogP contribution in [0.15, 0.2) is 170 Å². The molecule has 3 heterocycles. The Kier molecular flexibility index (Phi) is 5.14. The summed E-state index contributed by atoms with van der Waals surface area (Å²) in [6.07, 6.45) is 0. The highest BCUT2D eigenvalue weighted by atomic mass is 15.0. The fourth-order valence-electron chi connectivity index (χ4n) is 8.39. The van der Waals surface area contributed by atoms with E-state index in [-0.39, 0.29) is 0 Å². The molecule has 0 radical (unpaired) electrons. The molecule has 0 N–H and O–H groups in total. The van der Waals surface area contributed by atoms with Crippen molar-refractivity contribution in [1.29, 1.82) is 0 Å². The summed E-state index contributed by atoms with van der Waals surface area (Å²) in [5.74, 6) is 0. The molecule has 0 saturated carbocycles. The molecule has 0 spiro atoms. The lowest BCUT2D eigenvalue weighted by atomic mass is 9.93. The highest BCUT2D eigenvalue weighted by molar-refractivity contribution is 6.22. The normalized spacial score (nSPS) is 12.2. The van der Waals surface area contributed by atoms with Gasteiger partial charge in [-0.05, 0) is 81.6 Å². The van der Waals surface area contributed by atoms with Gasteiger partial charge in [0.1, 0.15) is 0 Å². The van der Waals surface area contributed by atoms with Crippen molar-refractivity contribution < 1.29 is 0 Å². The minimum atomic E-state index is 1.17. The summed E-state index contributed by atoms with van der Waals surface area (Å²) < 4.78 is 4.90. The molecule has 48 heavy (non-hydrogen) atoms. The highest BCUT2D eigenvalue weighted by Gasteiger charge is 2.24. The van der Waals surface area contributed by atoms with Gasteiger partial charge in [-0.3, -0.25) is 0 Å². The Morgan fingerprint density at radius 3 is 1.77 bits per heavy atom. The van der Waals surface area contributed by atoms with Gasteiger partial charge in [0.15, 0.2) is 0 Å². The van der Waals surface area contributed by atoms with Crippen LogP contribution in [0, 0.1) is 0 Å². The molecule has 0 aliphatic carbocycles. The van der Waals surface area contributed by atoms with E-state index >= 15 is 0 Å². The molecule has 1 aliphatic rings. The molecule has 1 aliphatic heterocycles. The lowest BCUT2D eigenvalue weighted by molar-refractivity contribution is 1.18. The fourth-order valence-corrected chi connectivity index (χ4v) is 8.39. The molecular weight excluding hydrogens is 581 g/mol. The molecule has 8 aromatic carbocycles. The third-order valence-corrected chi connectivity index (χ3v) is 10.4. The monoisotopic (exact) mass is 608 g/mol. The van der Waals surface area contributed by atoms with Crippen molar-refractivity contribution in [3.63, 3.8) is 0 Å². The van der Waals surface area contributed by atoms with E-state index in [0.29, 0.717) is 0 Å². The van der Waals surface area contributed by atoms with E-state index in [1.54, 1.807) is 0 Å². The average molecular weight is 609 g/mol. The molecule has 2 nitrogen and oxygen atoms in total. The molecule has 10 aromatic rings. The summed E-state index contributed by atoms with van der Waals surface area (Å²) in [5.41, 5.74) is 14.9. The summed E-state index contributed by atoms with van der Waals surface area (Å²) in [7, 11) is 0. The van der Waals surface area contributed by atoms with Crippen molar-refractivity contribution in [1.82, 2.24) is 9.13 Å². The maximum absolute atomic E-state index is 2.49. The molecule has 2 aromatic heterocycles. The van der Waals surface area contributed by atoms with Crippen LogP contribution < -0.4 is 0 Å². The van der Waals surface area contributed by atoms with Crippen molar-refractivity contribution in [2.75, 3.05) is 0 Å². The topological polar surface area (TPSA) is 9.86 Å². The van der Waals surface area contributed by atoms with E-state index in [4.69, 9.17) is 0 Å². The van der Waals surface area contributed by atoms with Crippen molar-refractivity contribution in [2.24, 2.45) is 0 Å². The van der Waals surface area contributed by atoms with E-state index in [2.05, 4.69) is 179 Å². The number of rotatable bonds is 2. The fraction of sp³-hybridized carbons (Fsp3) is 0. The highest BCUT2D eigenvalue weighted by Crippen LogP contribution is 2.47. The first kappa shape index (κ1) is 25.8. The van der Waals surface area contributed by atoms with Gasteiger partial charge >= 0.3 is 0 Å². The van der Waals surface area contributed by atoms with E-state index in [1.165, 1.54) is 99.1 Å². The molecule has 0 saturated heterocycles. The van der Waals surface area contributed by atoms with Crippen molar-refractivity contribution in [3.05, 3.63) is 170 Å². The Morgan fingerprint density at radius 2 is 0.938 bits per heavy atom. The van der Waals surface area contributed by atoms with Crippen LogP contribution in [0.25, 0.3) is 99.1 Å². The number of benzene rings is 8. The number of para-hydroxylation sites is 3. The van der Waals surface area contributed by atoms with Gasteiger partial charge in [-0.25, -0.2) is 0 Å². The molecule has 0 atom stereocenters. The second-order valence-corrected chi connectivity index (χ2v) is 12.9. The number of hydrogen-bond donors (Lipinski definition) is 0. The second kappa shape index (κ2) is 9.57. The predicted octanol–water partition coefficient (Wildman–Crippen LogP) is 12.3. The Bertz CT molecular complexity index is 2940. The van der Waals surface area contributed by atoms with E-state index in [1.807, 2.05) is 0 Å².